The average molecular weight is 489 g/mol. The lowest BCUT2D eigenvalue weighted by Gasteiger charge is -2.37. The fourth-order valence-corrected chi connectivity index (χ4v) is 4.17. The van der Waals surface area contributed by atoms with Gasteiger partial charge in [0.15, 0.2) is 11.5 Å². The largest absolute Gasteiger partial charge is 0.444 e. The van der Waals surface area contributed by atoms with Crippen molar-refractivity contribution in [1.82, 2.24) is 29.5 Å². The number of hydrogen-bond donors (Lipinski definition) is 2. The maximum atomic E-state index is 12.6. The van der Waals surface area contributed by atoms with E-state index in [1.165, 1.54) is 0 Å². The Labute approximate surface area is 207 Å². The summed E-state index contributed by atoms with van der Waals surface area (Å²) in [5, 5.41) is 2.07. The van der Waals surface area contributed by atoms with Gasteiger partial charge in [0, 0.05) is 25.5 Å². The molecule has 1 aliphatic rings. The van der Waals surface area contributed by atoms with E-state index in [1.54, 1.807) is 41.6 Å². The minimum Gasteiger partial charge on any atom is -0.444 e. The number of amides is 1. The van der Waals surface area contributed by atoms with E-state index in [0.29, 0.717) is 65.8 Å². The monoisotopic (exact) mass is 488 g/mol. The standard InChI is InChI=1S/C25H28N8O3/c1-25(2,3)36-24(35)31-12-14-32(15-13-31)33-21(17-7-5-10-27-20(17)26)30-19-9-8-18(29-22(19)33)16-6-4-11-28-23(16)34/h4-11H,12-15H2,1-3H3,(H2,26,27)(H,28,34). The highest BCUT2D eigenvalue weighted by Crippen LogP contribution is 2.29. The van der Waals surface area contributed by atoms with Gasteiger partial charge in [-0.05, 0) is 57.2 Å². The van der Waals surface area contributed by atoms with Crippen LogP contribution in [-0.2, 0) is 4.74 Å². The quantitative estimate of drug-likeness (QED) is 0.449. The van der Waals surface area contributed by atoms with Gasteiger partial charge < -0.3 is 25.4 Å². The van der Waals surface area contributed by atoms with Crippen molar-refractivity contribution in [2.75, 3.05) is 36.9 Å². The number of piperazine rings is 1. The number of H-pyrrole nitrogens is 1. The maximum Gasteiger partial charge on any atom is 0.410 e. The lowest BCUT2D eigenvalue weighted by molar-refractivity contribution is 0.0233. The minimum atomic E-state index is -0.560. The first-order valence-electron chi connectivity index (χ1n) is 11.7. The first-order chi connectivity index (χ1) is 17.2. The van der Waals surface area contributed by atoms with Gasteiger partial charge in [-0.25, -0.2) is 24.4 Å². The number of nitrogen functional groups attached to an aromatic ring is 1. The van der Waals surface area contributed by atoms with Crippen molar-refractivity contribution >= 4 is 23.1 Å². The molecule has 0 bridgehead atoms. The molecule has 4 aromatic heterocycles. The van der Waals surface area contributed by atoms with Crippen LogP contribution in [0.4, 0.5) is 10.6 Å². The zero-order valence-corrected chi connectivity index (χ0v) is 20.4. The van der Waals surface area contributed by atoms with Gasteiger partial charge in [0.25, 0.3) is 5.56 Å². The number of rotatable bonds is 3. The summed E-state index contributed by atoms with van der Waals surface area (Å²) in [7, 11) is 0. The van der Waals surface area contributed by atoms with Crippen molar-refractivity contribution in [2.45, 2.75) is 26.4 Å². The van der Waals surface area contributed by atoms with Crippen LogP contribution in [0.2, 0.25) is 0 Å². The van der Waals surface area contributed by atoms with Crippen LogP contribution in [0.1, 0.15) is 20.8 Å². The second kappa shape index (κ2) is 8.99. The third-order valence-electron chi connectivity index (χ3n) is 5.85. The van der Waals surface area contributed by atoms with E-state index in [9.17, 15) is 9.59 Å². The summed E-state index contributed by atoms with van der Waals surface area (Å²) >= 11 is 0. The Hall–Kier alpha value is -4.41. The molecule has 0 aliphatic carbocycles. The third-order valence-corrected chi connectivity index (χ3v) is 5.85. The fourth-order valence-electron chi connectivity index (χ4n) is 4.17. The summed E-state index contributed by atoms with van der Waals surface area (Å²) in [5.74, 6) is 0.939. The van der Waals surface area contributed by atoms with Crippen LogP contribution in [0.15, 0.2) is 53.6 Å². The van der Waals surface area contributed by atoms with Gasteiger partial charge in [-0.15, -0.1) is 0 Å². The number of aromatic amines is 1. The second-order valence-corrected chi connectivity index (χ2v) is 9.56. The number of nitrogens with one attached hydrogen (secondary N) is 1. The molecule has 1 amide bonds. The SMILES string of the molecule is CC(C)(C)OC(=O)N1CCN(n2c(-c3cccnc3N)nc3ccc(-c4ccc[nH]c4=O)nc32)CC1. The molecule has 0 spiro atoms. The van der Waals surface area contributed by atoms with Gasteiger partial charge in [0.2, 0.25) is 0 Å². The first kappa shape index (κ1) is 23.3. The van der Waals surface area contributed by atoms with E-state index in [4.69, 9.17) is 20.4 Å². The number of imidazole rings is 1. The summed E-state index contributed by atoms with van der Waals surface area (Å²) in [6.45, 7) is 7.54. The molecule has 5 heterocycles. The van der Waals surface area contributed by atoms with E-state index in [2.05, 4.69) is 15.0 Å². The Balaban J connectivity index is 1.57. The zero-order valence-electron chi connectivity index (χ0n) is 20.4. The van der Waals surface area contributed by atoms with Crippen LogP contribution in [-0.4, -0.2) is 67.4 Å². The number of ether oxygens (including phenoxy) is 1. The van der Waals surface area contributed by atoms with Gasteiger partial charge >= 0.3 is 6.09 Å². The van der Waals surface area contributed by atoms with Crippen LogP contribution in [0.25, 0.3) is 33.8 Å². The highest BCUT2D eigenvalue weighted by atomic mass is 16.6. The van der Waals surface area contributed by atoms with Crippen molar-refractivity contribution in [2.24, 2.45) is 0 Å². The summed E-state index contributed by atoms with van der Waals surface area (Å²) < 4.78 is 7.45. The number of fused-ring (bicyclic) bond motifs is 1. The van der Waals surface area contributed by atoms with E-state index in [1.807, 2.05) is 37.6 Å². The molecular formula is C25H28N8O3. The maximum absolute atomic E-state index is 12.6. The molecule has 3 N–H and O–H groups in total. The van der Waals surface area contributed by atoms with Gasteiger partial charge in [0.1, 0.15) is 16.9 Å². The van der Waals surface area contributed by atoms with Crippen molar-refractivity contribution in [3.63, 3.8) is 0 Å². The number of aromatic nitrogens is 5. The number of hydrogen-bond acceptors (Lipinski definition) is 8. The Morgan fingerprint density at radius 2 is 1.78 bits per heavy atom. The predicted octanol–water partition coefficient (Wildman–Crippen LogP) is 2.62. The van der Waals surface area contributed by atoms with Crippen LogP contribution >= 0.6 is 0 Å². The van der Waals surface area contributed by atoms with Gasteiger partial charge in [-0.3, -0.25) is 4.79 Å². The number of nitrogens with zero attached hydrogens (tertiary/aromatic N) is 6. The fraction of sp³-hybridized carbons (Fsp3) is 0.320. The zero-order chi connectivity index (χ0) is 25.4. The van der Waals surface area contributed by atoms with E-state index < -0.39 is 5.60 Å². The highest BCUT2D eigenvalue weighted by Gasteiger charge is 2.29. The Kier molecular flexibility index (Phi) is 5.83. The van der Waals surface area contributed by atoms with Crippen molar-refractivity contribution in [1.29, 1.82) is 0 Å². The lowest BCUT2D eigenvalue weighted by atomic mass is 10.2. The lowest BCUT2D eigenvalue weighted by Crippen LogP contribution is -2.53. The summed E-state index contributed by atoms with van der Waals surface area (Å²) in [4.78, 5) is 43.3. The molecule has 0 atom stereocenters. The molecule has 0 unspecified atom stereocenters. The average Bonchev–Trinajstić information content (AvgIpc) is 3.22. The molecule has 0 aromatic carbocycles. The smallest absolute Gasteiger partial charge is 0.410 e. The van der Waals surface area contributed by atoms with Crippen molar-refractivity contribution in [3.05, 3.63) is 59.1 Å². The molecule has 1 fully saturated rings. The molecular weight excluding hydrogens is 460 g/mol. The molecule has 5 rings (SSSR count). The number of nitrogens with two attached hydrogens (primary N) is 1. The molecule has 1 aliphatic heterocycles. The highest BCUT2D eigenvalue weighted by molar-refractivity contribution is 5.82. The van der Waals surface area contributed by atoms with Crippen LogP contribution in [0.5, 0.6) is 0 Å². The summed E-state index contributed by atoms with van der Waals surface area (Å²) in [6, 6.07) is 10.8. The van der Waals surface area contributed by atoms with Crippen LogP contribution in [0.3, 0.4) is 0 Å². The van der Waals surface area contributed by atoms with Crippen LogP contribution < -0.4 is 16.3 Å². The van der Waals surface area contributed by atoms with Gasteiger partial charge in [-0.2, -0.15) is 0 Å². The molecule has 0 radical (unpaired) electrons. The Morgan fingerprint density at radius 3 is 2.47 bits per heavy atom. The molecule has 11 nitrogen and oxygen atoms in total. The normalized spacial score (nSPS) is 14.3. The van der Waals surface area contributed by atoms with Crippen molar-refractivity contribution < 1.29 is 9.53 Å². The van der Waals surface area contributed by atoms with Crippen molar-refractivity contribution in [3.8, 4) is 22.6 Å². The van der Waals surface area contributed by atoms with E-state index in [-0.39, 0.29) is 11.7 Å². The van der Waals surface area contributed by atoms with E-state index >= 15 is 0 Å². The number of carbonyl (C=O) groups is 1. The molecule has 1 saturated heterocycles. The number of carbonyl (C=O) groups excluding carboxylic acids is 1. The van der Waals surface area contributed by atoms with Gasteiger partial charge in [0.05, 0.1) is 29.9 Å². The molecule has 4 aromatic rings. The number of anilines is 1. The first-order valence-corrected chi connectivity index (χ1v) is 11.7. The molecule has 11 heteroatoms. The molecule has 186 valence electrons. The minimum absolute atomic E-state index is 0.224. The summed E-state index contributed by atoms with van der Waals surface area (Å²) in [6.07, 6.45) is 2.88. The summed E-state index contributed by atoms with van der Waals surface area (Å²) in [5.41, 5.74) is 8.33. The number of pyridine rings is 3. The topological polar surface area (TPSA) is 135 Å². The Morgan fingerprint density at radius 1 is 1.03 bits per heavy atom. The molecule has 36 heavy (non-hydrogen) atoms. The van der Waals surface area contributed by atoms with Gasteiger partial charge in [-0.1, -0.05) is 0 Å². The predicted molar refractivity (Wildman–Crippen MR) is 137 cm³/mol. The second-order valence-electron chi connectivity index (χ2n) is 9.56. The Bertz CT molecular complexity index is 1480. The van der Waals surface area contributed by atoms with Crippen LogP contribution in [0, 0.1) is 0 Å². The van der Waals surface area contributed by atoms with E-state index in [0.717, 1.165) is 0 Å². The molecule has 0 saturated carbocycles. The third kappa shape index (κ3) is 4.47.